The fourth-order valence-corrected chi connectivity index (χ4v) is 6.86. The number of benzene rings is 3. The minimum atomic E-state index is -4.41. The second kappa shape index (κ2) is 13.7. The van der Waals surface area contributed by atoms with E-state index in [1.807, 2.05) is 0 Å². The van der Waals surface area contributed by atoms with Crippen molar-refractivity contribution in [2.24, 2.45) is 0 Å². The maximum Gasteiger partial charge on any atom is 0.305 e. The Morgan fingerprint density at radius 1 is 0.818 bits per heavy atom. The topological polar surface area (TPSA) is 129 Å². The average Bonchev–Trinajstić information content (AvgIpc) is 3.30. The van der Waals surface area contributed by atoms with Crippen molar-refractivity contribution in [3.8, 4) is 22.4 Å². The molecule has 0 bridgehead atoms. The van der Waals surface area contributed by atoms with Gasteiger partial charge in [-0.3, -0.25) is 9.52 Å². The number of carboxylic acid groups (broad SMARTS) is 1. The molecule has 0 aliphatic rings. The number of sulfonamides is 1. The number of nitrogens with zero attached hydrogens (tertiary/aromatic N) is 1. The molecule has 0 saturated carbocycles. The van der Waals surface area contributed by atoms with E-state index in [-0.39, 0.29) is 35.5 Å². The van der Waals surface area contributed by atoms with E-state index in [1.54, 1.807) is 18.4 Å². The Morgan fingerprint density at radius 2 is 1.32 bits per heavy atom. The van der Waals surface area contributed by atoms with Gasteiger partial charge >= 0.3 is 5.97 Å². The van der Waals surface area contributed by atoms with Crippen LogP contribution in [-0.4, -0.2) is 46.5 Å². The lowest BCUT2D eigenvalue weighted by Crippen LogP contribution is -2.22. The number of aliphatic hydroxyl groups excluding tert-OH is 2. The van der Waals surface area contributed by atoms with E-state index in [9.17, 15) is 36.6 Å². The molecule has 1 heterocycles. The van der Waals surface area contributed by atoms with Crippen molar-refractivity contribution in [3.05, 3.63) is 95.9 Å². The Balaban J connectivity index is 1.97. The van der Waals surface area contributed by atoms with E-state index < -0.39 is 58.0 Å². The van der Waals surface area contributed by atoms with Gasteiger partial charge < -0.3 is 19.9 Å². The summed E-state index contributed by atoms with van der Waals surface area (Å²) >= 11 is 0. The highest BCUT2D eigenvalue weighted by Crippen LogP contribution is 2.45. The predicted molar refractivity (Wildman–Crippen MR) is 160 cm³/mol. The number of carboxylic acids is 1. The lowest BCUT2D eigenvalue weighted by molar-refractivity contribution is -0.139. The number of hydrogen-bond donors (Lipinski definition) is 4. The molecule has 0 aliphatic carbocycles. The lowest BCUT2D eigenvalue weighted by Gasteiger charge is -2.20. The van der Waals surface area contributed by atoms with Crippen LogP contribution in [0.3, 0.4) is 0 Å². The molecule has 12 heteroatoms. The van der Waals surface area contributed by atoms with Crippen molar-refractivity contribution in [3.63, 3.8) is 0 Å². The van der Waals surface area contributed by atoms with Gasteiger partial charge in [0, 0.05) is 23.5 Å². The van der Waals surface area contributed by atoms with Gasteiger partial charge in [0.1, 0.15) is 22.3 Å². The fraction of sp³-hybridized carbons (Fsp3) is 0.281. The zero-order chi connectivity index (χ0) is 32.2. The minimum Gasteiger partial charge on any atom is -0.481 e. The number of aromatic nitrogens is 1. The smallest absolute Gasteiger partial charge is 0.305 e. The van der Waals surface area contributed by atoms with Crippen LogP contribution in [-0.2, 0) is 21.4 Å². The first kappa shape index (κ1) is 32.8. The molecule has 0 amide bonds. The van der Waals surface area contributed by atoms with Crippen molar-refractivity contribution in [1.82, 2.24) is 4.57 Å². The predicted octanol–water partition coefficient (Wildman–Crippen LogP) is 6.14. The summed E-state index contributed by atoms with van der Waals surface area (Å²) in [6, 6.07) is 15.4. The van der Waals surface area contributed by atoms with E-state index in [0.717, 1.165) is 12.1 Å². The summed E-state index contributed by atoms with van der Waals surface area (Å²) in [5, 5.41) is 29.7. The van der Waals surface area contributed by atoms with E-state index in [1.165, 1.54) is 60.7 Å². The second-order valence-corrected chi connectivity index (χ2v) is 12.4. The van der Waals surface area contributed by atoms with Gasteiger partial charge in [-0.05, 0) is 90.6 Å². The number of anilines is 1. The van der Waals surface area contributed by atoms with Gasteiger partial charge in [0.25, 0.3) is 10.0 Å². The van der Waals surface area contributed by atoms with Crippen LogP contribution in [0.15, 0.2) is 77.7 Å². The average molecular weight is 631 g/mol. The molecule has 0 spiro atoms. The van der Waals surface area contributed by atoms with Crippen LogP contribution in [0.1, 0.15) is 44.7 Å². The highest BCUT2D eigenvalue weighted by molar-refractivity contribution is 7.93. The van der Waals surface area contributed by atoms with Crippen LogP contribution in [0.2, 0.25) is 0 Å². The number of aliphatic carboxylic acids is 1. The largest absolute Gasteiger partial charge is 0.481 e. The van der Waals surface area contributed by atoms with Crippen molar-refractivity contribution in [2.45, 2.75) is 62.7 Å². The molecule has 0 saturated heterocycles. The Bertz CT molecular complexity index is 1700. The molecule has 0 aliphatic heterocycles. The molecule has 234 valence electrons. The van der Waals surface area contributed by atoms with Crippen molar-refractivity contribution in [2.75, 3.05) is 4.72 Å². The zero-order valence-electron chi connectivity index (χ0n) is 24.0. The first-order valence-corrected chi connectivity index (χ1v) is 15.4. The van der Waals surface area contributed by atoms with Crippen LogP contribution in [0.25, 0.3) is 22.4 Å². The van der Waals surface area contributed by atoms with Gasteiger partial charge in [0.15, 0.2) is 0 Å². The van der Waals surface area contributed by atoms with Gasteiger partial charge in [0.2, 0.25) is 0 Å². The highest BCUT2D eigenvalue weighted by Gasteiger charge is 2.34. The third-order valence-corrected chi connectivity index (χ3v) is 8.52. The molecular formula is C32H33F3N2O6S. The highest BCUT2D eigenvalue weighted by atomic mass is 32.2. The van der Waals surface area contributed by atoms with E-state index in [4.69, 9.17) is 5.11 Å². The number of rotatable bonds is 13. The third-order valence-electron chi connectivity index (χ3n) is 7.06. The van der Waals surface area contributed by atoms with E-state index in [0.29, 0.717) is 22.5 Å². The first-order valence-electron chi connectivity index (χ1n) is 13.9. The van der Waals surface area contributed by atoms with Crippen LogP contribution in [0.5, 0.6) is 0 Å². The van der Waals surface area contributed by atoms with Crippen LogP contribution < -0.4 is 4.72 Å². The molecule has 4 N–H and O–H groups in total. The third kappa shape index (κ3) is 7.68. The quantitative estimate of drug-likeness (QED) is 0.141. The Labute approximate surface area is 253 Å². The van der Waals surface area contributed by atoms with Crippen LogP contribution >= 0.6 is 0 Å². The molecule has 1 aromatic heterocycles. The van der Waals surface area contributed by atoms with Gasteiger partial charge in [-0.2, -0.15) is 0 Å². The maximum atomic E-state index is 14.2. The van der Waals surface area contributed by atoms with Crippen LogP contribution in [0.4, 0.5) is 18.9 Å². The fourth-order valence-electron chi connectivity index (χ4n) is 5.20. The molecule has 2 atom stereocenters. The lowest BCUT2D eigenvalue weighted by atomic mass is 10.00. The SMILES string of the molecule is CC(C)c1c(S(=O)(=O)Nc2ccc(F)cc2)c(-c2ccc(F)cc2)c(-c2ccc(F)cc2)n1CC[C@@H](O)C[C@@H](O)CC(=O)O. The maximum absolute atomic E-state index is 14.2. The summed E-state index contributed by atoms with van der Waals surface area (Å²) in [6.07, 6.45) is -3.20. The summed E-state index contributed by atoms with van der Waals surface area (Å²) in [5.74, 6) is -3.27. The number of halogens is 3. The van der Waals surface area contributed by atoms with Crippen molar-refractivity contribution < 1.29 is 41.7 Å². The van der Waals surface area contributed by atoms with Crippen molar-refractivity contribution >= 4 is 21.7 Å². The van der Waals surface area contributed by atoms with Gasteiger partial charge in [-0.15, -0.1) is 0 Å². The first-order chi connectivity index (χ1) is 20.8. The molecule has 0 radical (unpaired) electrons. The summed E-state index contributed by atoms with van der Waals surface area (Å²) in [7, 11) is -4.41. The molecule has 0 fully saturated rings. The molecule has 44 heavy (non-hydrogen) atoms. The van der Waals surface area contributed by atoms with Gasteiger partial charge in [-0.1, -0.05) is 26.0 Å². The molecule has 3 aromatic carbocycles. The number of nitrogens with one attached hydrogen (secondary N) is 1. The monoisotopic (exact) mass is 630 g/mol. The number of aliphatic hydroxyl groups is 2. The molecule has 0 unspecified atom stereocenters. The van der Waals surface area contributed by atoms with E-state index in [2.05, 4.69) is 4.72 Å². The second-order valence-electron chi connectivity index (χ2n) is 10.8. The molecular weight excluding hydrogens is 597 g/mol. The summed E-state index contributed by atoms with van der Waals surface area (Å²) in [6.45, 7) is 3.58. The number of carbonyl (C=O) groups is 1. The minimum absolute atomic E-state index is 0.00695. The Kier molecular flexibility index (Phi) is 10.2. The number of hydrogen-bond acceptors (Lipinski definition) is 5. The summed E-state index contributed by atoms with van der Waals surface area (Å²) in [4.78, 5) is 10.8. The molecule has 4 rings (SSSR count). The standard InChI is InChI=1S/C32H33F3N2O6S/c1-19(2)30-32(44(42,43)36-25-13-11-24(35)12-14-25)29(20-3-7-22(33)8-4-20)31(21-5-9-23(34)10-6-21)37(30)16-15-26(38)17-27(39)18-28(40)41/h3-14,19,26-27,36,38-39H,15-18H2,1-2H3,(H,40,41)/t26-,27-/m1/s1. The van der Waals surface area contributed by atoms with Gasteiger partial charge in [0.05, 0.1) is 24.3 Å². The summed E-state index contributed by atoms with van der Waals surface area (Å²) < 4.78 is 74.3. The molecule has 4 aromatic rings. The van der Waals surface area contributed by atoms with E-state index >= 15 is 0 Å². The summed E-state index contributed by atoms with van der Waals surface area (Å²) in [5.41, 5.74) is 1.79. The molecule has 8 nitrogen and oxygen atoms in total. The van der Waals surface area contributed by atoms with Gasteiger partial charge in [-0.25, -0.2) is 21.6 Å². The van der Waals surface area contributed by atoms with Crippen LogP contribution in [0, 0.1) is 17.5 Å². The Morgan fingerprint density at radius 3 is 1.82 bits per heavy atom. The van der Waals surface area contributed by atoms with Crippen molar-refractivity contribution in [1.29, 1.82) is 0 Å². The Hall–Kier alpha value is -4.13. The normalized spacial score (nSPS) is 13.2. The zero-order valence-corrected chi connectivity index (χ0v) is 24.9.